The Labute approximate surface area is 369 Å². The maximum Gasteiger partial charge on any atom is 0.164 e. The quantitative estimate of drug-likeness (QED) is 0.161. The topological polar surface area (TPSA) is 72.3 Å². The molecule has 6 heteroatoms. The normalized spacial score (nSPS) is 11.4. The van der Waals surface area contributed by atoms with Crippen LogP contribution in [0.1, 0.15) is 5.56 Å². The Kier molecular flexibility index (Phi) is 8.77. The fourth-order valence-corrected chi connectivity index (χ4v) is 9.14. The minimum absolute atomic E-state index is 0.532. The largest absolute Gasteiger partial charge is 0.309 e. The average molecular weight is 817 g/mol. The molecule has 0 amide bonds. The van der Waals surface area contributed by atoms with Crippen molar-refractivity contribution in [2.75, 3.05) is 0 Å². The third-order valence-electron chi connectivity index (χ3n) is 12.2. The molecule has 0 saturated heterocycles. The molecule has 0 aliphatic rings. The van der Waals surface area contributed by atoms with Crippen LogP contribution in [0.25, 0.3) is 111 Å². The van der Waals surface area contributed by atoms with E-state index >= 15 is 0 Å². The number of para-hydroxylation sites is 3. The SMILES string of the molecule is N#Cc1ccc(-c2nc(-c3ccccc3)nc(-c3cc(-c4ccccc4)cc(-n4c5ccccc5c5ccc(-c6ccc7c8ccccc8n(-c8ccccc8)c7c6)cc54)c3)n2)cc1. The van der Waals surface area contributed by atoms with Gasteiger partial charge in [0.2, 0.25) is 0 Å². The van der Waals surface area contributed by atoms with Gasteiger partial charge in [0.1, 0.15) is 0 Å². The van der Waals surface area contributed by atoms with Gasteiger partial charge in [0.15, 0.2) is 17.5 Å². The second kappa shape index (κ2) is 15.2. The summed E-state index contributed by atoms with van der Waals surface area (Å²) in [5.74, 6) is 1.65. The third-order valence-corrected chi connectivity index (χ3v) is 12.2. The van der Waals surface area contributed by atoms with E-state index in [1.807, 2.05) is 48.5 Å². The number of rotatable bonds is 7. The standard InChI is InChI=1S/C58H36N6/c59-37-38-24-26-41(27-25-38)57-60-56(40-16-6-2-7-17-40)61-58(62-57)45-32-44(39-14-4-1-5-15-39)33-47(34-45)64-53-23-13-11-21-49(53)51-31-29-43(36-55(51)64)42-28-30-50-48-20-10-12-22-52(48)63(54(50)35-42)46-18-8-3-9-19-46/h1-36H. The summed E-state index contributed by atoms with van der Waals surface area (Å²) >= 11 is 0. The summed E-state index contributed by atoms with van der Waals surface area (Å²) in [6.07, 6.45) is 0. The van der Waals surface area contributed by atoms with Crippen molar-refractivity contribution in [3.63, 3.8) is 0 Å². The first kappa shape index (κ1) is 36.9. The van der Waals surface area contributed by atoms with Crippen molar-refractivity contribution >= 4 is 43.6 Å². The van der Waals surface area contributed by atoms with Crippen molar-refractivity contribution in [1.29, 1.82) is 5.26 Å². The summed E-state index contributed by atoms with van der Waals surface area (Å²) in [5, 5.41) is 14.3. The van der Waals surface area contributed by atoms with E-state index in [0.717, 1.165) is 61.4 Å². The van der Waals surface area contributed by atoms with Crippen LogP contribution >= 0.6 is 0 Å². The predicted octanol–water partition coefficient (Wildman–Crippen LogP) is 14.3. The first-order chi connectivity index (χ1) is 31.7. The maximum absolute atomic E-state index is 9.53. The lowest BCUT2D eigenvalue weighted by Gasteiger charge is -2.15. The highest BCUT2D eigenvalue weighted by atomic mass is 15.0. The Morgan fingerprint density at radius 1 is 0.297 bits per heavy atom. The van der Waals surface area contributed by atoms with Gasteiger partial charge in [-0.2, -0.15) is 5.26 Å². The van der Waals surface area contributed by atoms with Crippen molar-refractivity contribution in [3.8, 4) is 73.9 Å². The number of nitriles is 1. The number of fused-ring (bicyclic) bond motifs is 6. The number of hydrogen-bond acceptors (Lipinski definition) is 4. The van der Waals surface area contributed by atoms with Gasteiger partial charge in [-0.15, -0.1) is 0 Å². The molecule has 0 fully saturated rings. The number of nitrogens with zero attached hydrogens (tertiary/aromatic N) is 6. The molecule has 12 aromatic rings. The lowest BCUT2D eigenvalue weighted by molar-refractivity contribution is 1.07. The molecule has 0 saturated carbocycles. The average Bonchev–Trinajstić information content (AvgIpc) is 3.89. The van der Waals surface area contributed by atoms with Gasteiger partial charge in [-0.05, 0) is 101 Å². The fraction of sp³-hybridized carbons (Fsp3) is 0. The fourth-order valence-electron chi connectivity index (χ4n) is 9.14. The molecule has 0 N–H and O–H groups in total. The molecule has 6 nitrogen and oxygen atoms in total. The third kappa shape index (κ3) is 6.31. The van der Waals surface area contributed by atoms with E-state index in [2.05, 4.69) is 173 Å². The van der Waals surface area contributed by atoms with E-state index < -0.39 is 0 Å². The first-order valence-corrected chi connectivity index (χ1v) is 21.3. The van der Waals surface area contributed by atoms with E-state index in [4.69, 9.17) is 15.0 Å². The lowest BCUT2D eigenvalue weighted by Crippen LogP contribution is -2.02. The minimum atomic E-state index is 0.532. The zero-order valence-electron chi connectivity index (χ0n) is 34.5. The summed E-state index contributed by atoms with van der Waals surface area (Å²) in [4.78, 5) is 15.3. The van der Waals surface area contributed by atoms with Crippen LogP contribution in [-0.4, -0.2) is 24.1 Å². The van der Waals surface area contributed by atoms with Gasteiger partial charge in [0.25, 0.3) is 0 Å². The van der Waals surface area contributed by atoms with Gasteiger partial charge in [0.05, 0.1) is 33.7 Å². The Bertz CT molecular complexity index is 3770. The lowest BCUT2D eigenvalue weighted by atomic mass is 10.0. The molecule has 0 spiro atoms. The molecule has 12 rings (SSSR count). The van der Waals surface area contributed by atoms with E-state index in [-0.39, 0.29) is 0 Å². The molecule has 0 atom stereocenters. The van der Waals surface area contributed by atoms with Crippen LogP contribution in [0.3, 0.4) is 0 Å². The number of benzene rings is 9. The van der Waals surface area contributed by atoms with E-state index in [1.165, 1.54) is 32.6 Å². The highest BCUT2D eigenvalue weighted by Gasteiger charge is 2.19. The molecular weight excluding hydrogens is 781 g/mol. The second-order valence-electron chi connectivity index (χ2n) is 16.0. The van der Waals surface area contributed by atoms with E-state index in [9.17, 15) is 5.26 Å². The van der Waals surface area contributed by atoms with Crippen LogP contribution in [0.5, 0.6) is 0 Å². The van der Waals surface area contributed by atoms with Crippen LogP contribution in [0.15, 0.2) is 218 Å². The minimum Gasteiger partial charge on any atom is -0.309 e. The summed E-state index contributed by atoms with van der Waals surface area (Å²) < 4.78 is 4.75. The molecule has 0 aliphatic carbocycles. The molecule has 64 heavy (non-hydrogen) atoms. The van der Waals surface area contributed by atoms with Crippen molar-refractivity contribution in [1.82, 2.24) is 24.1 Å². The highest BCUT2D eigenvalue weighted by Crippen LogP contribution is 2.40. The van der Waals surface area contributed by atoms with Crippen molar-refractivity contribution in [2.24, 2.45) is 0 Å². The Balaban J connectivity index is 1.08. The van der Waals surface area contributed by atoms with Crippen LogP contribution in [0, 0.1) is 11.3 Å². The van der Waals surface area contributed by atoms with E-state index in [0.29, 0.717) is 23.0 Å². The number of hydrogen-bond donors (Lipinski definition) is 0. The van der Waals surface area contributed by atoms with Crippen molar-refractivity contribution < 1.29 is 0 Å². The molecule has 0 aliphatic heterocycles. The van der Waals surface area contributed by atoms with Gasteiger partial charge < -0.3 is 9.13 Å². The van der Waals surface area contributed by atoms with Gasteiger partial charge in [-0.25, -0.2) is 15.0 Å². The van der Waals surface area contributed by atoms with Crippen molar-refractivity contribution in [3.05, 3.63) is 224 Å². The molecule has 3 heterocycles. The Hall–Kier alpha value is -8.92. The number of aromatic nitrogens is 5. The summed E-state index contributed by atoms with van der Waals surface area (Å²) in [6.45, 7) is 0. The molecule has 9 aromatic carbocycles. The monoisotopic (exact) mass is 816 g/mol. The van der Waals surface area contributed by atoms with Gasteiger partial charge >= 0.3 is 0 Å². The zero-order chi connectivity index (χ0) is 42.6. The highest BCUT2D eigenvalue weighted by molar-refractivity contribution is 6.12. The first-order valence-electron chi connectivity index (χ1n) is 21.3. The van der Waals surface area contributed by atoms with Gasteiger partial charge in [-0.3, -0.25) is 0 Å². The molecular formula is C58H36N6. The van der Waals surface area contributed by atoms with Crippen LogP contribution in [-0.2, 0) is 0 Å². The molecule has 0 bridgehead atoms. The molecule has 298 valence electrons. The molecule has 0 unspecified atom stereocenters. The summed E-state index contributed by atoms with van der Waals surface area (Å²) in [5.41, 5.74) is 14.2. The summed E-state index contributed by atoms with van der Waals surface area (Å²) in [6, 6.07) is 78.3. The van der Waals surface area contributed by atoms with Gasteiger partial charge in [0, 0.05) is 49.6 Å². The van der Waals surface area contributed by atoms with Crippen LogP contribution in [0.2, 0.25) is 0 Å². The van der Waals surface area contributed by atoms with Crippen LogP contribution in [0.4, 0.5) is 0 Å². The van der Waals surface area contributed by atoms with Crippen LogP contribution < -0.4 is 0 Å². The molecule has 0 radical (unpaired) electrons. The molecule has 3 aromatic heterocycles. The Morgan fingerprint density at radius 2 is 0.719 bits per heavy atom. The maximum atomic E-state index is 9.53. The smallest absolute Gasteiger partial charge is 0.164 e. The van der Waals surface area contributed by atoms with Gasteiger partial charge in [-0.1, -0.05) is 140 Å². The predicted molar refractivity (Wildman–Crippen MR) is 260 cm³/mol. The van der Waals surface area contributed by atoms with Crippen molar-refractivity contribution in [2.45, 2.75) is 0 Å². The van der Waals surface area contributed by atoms with E-state index in [1.54, 1.807) is 12.1 Å². The zero-order valence-corrected chi connectivity index (χ0v) is 34.5. The second-order valence-corrected chi connectivity index (χ2v) is 16.0. The Morgan fingerprint density at radius 3 is 1.28 bits per heavy atom. The summed E-state index contributed by atoms with van der Waals surface area (Å²) in [7, 11) is 0.